The number of carbonyl (C=O) groups excluding carboxylic acids is 1. The molecular weight excluding hydrogens is 424 g/mol. The third-order valence-electron chi connectivity index (χ3n) is 5.58. The lowest BCUT2D eigenvalue weighted by Crippen LogP contribution is -2.60. The van der Waals surface area contributed by atoms with E-state index >= 15 is 0 Å². The fourth-order valence-electron chi connectivity index (χ4n) is 3.84. The number of ketones is 1. The highest BCUT2D eigenvalue weighted by Crippen LogP contribution is 2.41. The molecule has 2 heterocycles. The highest BCUT2D eigenvalue weighted by atomic mass is 16.7. The van der Waals surface area contributed by atoms with Crippen molar-refractivity contribution < 1.29 is 49.6 Å². The van der Waals surface area contributed by atoms with Gasteiger partial charge in [0, 0.05) is 0 Å². The first-order chi connectivity index (χ1) is 15.2. The van der Waals surface area contributed by atoms with Crippen LogP contribution in [0.2, 0.25) is 0 Å². The molecule has 2 aliphatic heterocycles. The number of hydrogen-bond acceptors (Lipinski definition) is 10. The van der Waals surface area contributed by atoms with Crippen LogP contribution in [0, 0.1) is 6.92 Å². The van der Waals surface area contributed by atoms with Gasteiger partial charge in [-0.2, -0.15) is 0 Å². The molecule has 0 spiro atoms. The molecule has 2 aliphatic rings. The Bertz CT molecular complexity index is 989. The molecule has 0 amide bonds. The molecule has 2 aromatic rings. The fraction of sp³-hybridized carbons (Fsp3) is 0.409. The molecule has 10 heteroatoms. The van der Waals surface area contributed by atoms with Crippen LogP contribution in [0.15, 0.2) is 36.4 Å². The topological polar surface area (TPSA) is 166 Å². The maximum Gasteiger partial charge on any atom is 0.229 e. The quantitative estimate of drug-likeness (QED) is 0.361. The molecule has 0 aliphatic carbocycles. The van der Waals surface area contributed by atoms with Crippen molar-refractivity contribution in [3.63, 3.8) is 0 Å². The SMILES string of the molecule is Cc1cc(OC2OC(CO)C(O)C(O)C2O)c2c(c1)O[C@@H](c1ccc(O)cc1)[C@H](O)C2=O. The number of phenols is 1. The van der Waals surface area contributed by atoms with Crippen molar-refractivity contribution in [3.8, 4) is 17.2 Å². The summed E-state index contributed by atoms with van der Waals surface area (Å²) < 4.78 is 16.9. The summed E-state index contributed by atoms with van der Waals surface area (Å²) in [4.78, 5) is 13.1. The number of hydrogen-bond donors (Lipinski definition) is 6. The van der Waals surface area contributed by atoms with E-state index < -0.39 is 55.3 Å². The molecule has 172 valence electrons. The standard InChI is InChI=1S/C22H24O10/c1-9-6-12-15(17(26)19(28)21(30-12)10-2-4-11(24)5-3-10)13(7-9)31-22-20(29)18(27)16(25)14(8-23)32-22/h2-7,14,16,18-25,27-29H,8H2,1H3/t14?,16?,18?,19-,20?,21+,22?/m1/s1. The zero-order chi connectivity index (χ0) is 23.2. The Kier molecular flexibility index (Phi) is 6.08. The second-order valence-corrected chi connectivity index (χ2v) is 7.89. The number of ether oxygens (including phenoxy) is 3. The summed E-state index contributed by atoms with van der Waals surface area (Å²) in [7, 11) is 0. The van der Waals surface area contributed by atoms with Crippen LogP contribution >= 0.6 is 0 Å². The van der Waals surface area contributed by atoms with Crippen LogP contribution < -0.4 is 9.47 Å². The van der Waals surface area contributed by atoms with E-state index in [-0.39, 0.29) is 22.8 Å². The highest BCUT2D eigenvalue weighted by Gasteiger charge is 2.46. The number of aryl methyl sites for hydroxylation is 1. The maximum absolute atomic E-state index is 13.1. The Morgan fingerprint density at radius 2 is 1.69 bits per heavy atom. The van der Waals surface area contributed by atoms with E-state index in [1.807, 2.05) is 0 Å². The van der Waals surface area contributed by atoms with E-state index in [0.717, 1.165) is 0 Å². The number of benzene rings is 2. The second-order valence-electron chi connectivity index (χ2n) is 7.89. The van der Waals surface area contributed by atoms with Crippen molar-refractivity contribution in [2.75, 3.05) is 6.61 Å². The van der Waals surface area contributed by atoms with Crippen LogP contribution in [0.4, 0.5) is 0 Å². The minimum absolute atomic E-state index is 0.0248. The predicted octanol–water partition coefficient (Wildman–Crippen LogP) is -0.443. The first-order valence-corrected chi connectivity index (χ1v) is 10.0. The summed E-state index contributed by atoms with van der Waals surface area (Å²) in [5.41, 5.74) is 1.04. The molecule has 0 radical (unpaired) electrons. The van der Waals surface area contributed by atoms with E-state index in [0.29, 0.717) is 11.1 Å². The third-order valence-corrected chi connectivity index (χ3v) is 5.58. The van der Waals surface area contributed by atoms with Gasteiger partial charge in [0.25, 0.3) is 0 Å². The van der Waals surface area contributed by atoms with Gasteiger partial charge in [-0.05, 0) is 42.3 Å². The van der Waals surface area contributed by atoms with Crippen molar-refractivity contribution in [1.29, 1.82) is 0 Å². The molecule has 1 saturated heterocycles. The van der Waals surface area contributed by atoms with E-state index in [1.165, 1.54) is 30.3 Å². The van der Waals surface area contributed by atoms with E-state index in [1.54, 1.807) is 13.0 Å². The van der Waals surface area contributed by atoms with E-state index in [9.17, 15) is 35.4 Å². The normalized spacial score (nSPS) is 32.2. The Balaban J connectivity index is 1.67. The third kappa shape index (κ3) is 3.92. The summed E-state index contributed by atoms with van der Waals surface area (Å²) in [5, 5.41) is 59.7. The zero-order valence-corrected chi connectivity index (χ0v) is 17.0. The molecule has 5 unspecified atom stereocenters. The molecule has 0 bridgehead atoms. The summed E-state index contributed by atoms with van der Waals surface area (Å²) in [6.45, 7) is 1.08. The number of aliphatic hydroxyl groups is 5. The lowest BCUT2D eigenvalue weighted by molar-refractivity contribution is -0.277. The Morgan fingerprint density at radius 1 is 1.00 bits per heavy atom. The largest absolute Gasteiger partial charge is 0.508 e. The number of carbonyl (C=O) groups is 1. The minimum Gasteiger partial charge on any atom is -0.508 e. The smallest absolute Gasteiger partial charge is 0.229 e. The second kappa shape index (κ2) is 8.66. The Morgan fingerprint density at radius 3 is 2.34 bits per heavy atom. The summed E-state index contributed by atoms with van der Waals surface area (Å²) in [6.07, 6.45) is -10.2. The first kappa shape index (κ1) is 22.5. The van der Waals surface area contributed by atoms with Gasteiger partial charge in [-0.15, -0.1) is 0 Å². The van der Waals surface area contributed by atoms with Crippen molar-refractivity contribution in [2.24, 2.45) is 0 Å². The number of aliphatic hydroxyl groups excluding tert-OH is 5. The van der Waals surface area contributed by atoms with Gasteiger partial charge in [0.05, 0.1) is 6.61 Å². The average molecular weight is 448 g/mol. The van der Waals surface area contributed by atoms with Crippen molar-refractivity contribution >= 4 is 5.78 Å². The number of phenolic OH excluding ortho intramolecular Hbond substituents is 1. The van der Waals surface area contributed by atoms with Gasteiger partial charge in [-0.3, -0.25) is 4.79 Å². The lowest BCUT2D eigenvalue weighted by Gasteiger charge is -2.40. The van der Waals surface area contributed by atoms with Gasteiger partial charge in [-0.25, -0.2) is 0 Å². The molecule has 1 fully saturated rings. The number of aromatic hydroxyl groups is 1. The van der Waals surface area contributed by atoms with Crippen LogP contribution in [-0.2, 0) is 4.74 Å². The van der Waals surface area contributed by atoms with Gasteiger partial charge in [0.15, 0.2) is 12.2 Å². The first-order valence-electron chi connectivity index (χ1n) is 10.0. The molecule has 4 rings (SSSR count). The highest BCUT2D eigenvalue weighted by molar-refractivity contribution is 6.05. The van der Waals surface area contributed by atoms with Crippen LogP contribution in [0.25, 0.3) is 0 Å². The van der Waals surface area contributed by atoms with Gasteiger partial charge in [0.1, 0.15) is 47.2 Å². The van der Waals surface area contributed by atoms with Gasteiger partial charge >= 0.3 is 0 Å². The van der Waals surface area contributed by atoms with E-state index in [4.69, 9.17) is 14.2 Å². The monoisotopic (exact) mass is 448 g/mol. The molecule has 0 aromatic heterocycles. The molecule has 0 saturated carbocycles. The molecule has 32 heavy (non-hydrogen) atoms. The minimum atomic E-state index is -1.67. The number of Topliss-reactive ketones (excluding diaryl/α,β-unsaturated/α-hetero) is 1. The zero-order valence-electron chi connectivity index (χ0n) is 17.0. The van der Waals surface area contributed by atoms with Crippen LogP contribution in [-0.4, -0.2) is 79.8 Å². The summed E-state index contributed by atoms with van der Waals surface area (Å²) >= 11 is 0. The van der Waals surface area contributed by atoms with Crippen LogP contribution in [0.3, 0.4) is 0 Å². The molecule has 7 atom stereocenters. The summed E-state index contributed by atoms with van der Waals surface area (Å²) in [5.74, 6) is -0.587. The molecule has 2 aromatic carbocycles. The molecule has 6 N–H and O–H groups in total. The number of rotatable bonds is 4. The molecule has 10 nitrogen and oxygen atoms in total. The van der Waals surface area contributed by atoms with Gasteiger partial charge in [-0.1, -0.05) is 12.1 Å². The number of fused-ring (bicyclic) bond motifs is 1. The van der Waals surface area contributed by atoms with Crippen LogP contribution in [0.1, 0.15) is 27.6 Å². The van der Waals surface area contributed by atoms with Gasteiger partial charge in [0.2, 0.25) is 12.1 Å². The Labute approximate surface area is 182 Å². The van der Waals surface area contributed by atoms with Crippen molar-refractivity contribution in [3.05, 3.63) is 53.1 Å². The predicted molar refractivity (Wildman–Crippen MR) is 107 cm³/mol. The van der Waals surface area contributed by atoms with Crippen molar-refractivity contribution in [1.82, 2.24) is 0 Å². The lowest BCUT2D eigenvalue weighted by atomic mass is 9.92. The van der Waals surface area contributed by atoms with Crippen molar-refractivity contribution in [2.45, 2.75) is 49.8 Å². The average Bonchev–Trinajstić information content (AvgIpc) is 2.77. The maximum atomic E-state index is 13.1. The summed E-state index contributed by atoms with van der Waals surface area (Å²) in [6, 6.07) is 8.96. The van der Waals surface area contributed by atoms with Crippen LogP contribution in [0.5, 0.6) is 17.2 Å². The Hall–Kier alpha value is -2.73. The molecular formula is C22H24O10. The van der Waals surface area contributed by atoms with E-state index in [2.05, 4.69) is 0 Å². The van der Waals surface area contributed by atoms with Gasteiger partial charge < -0.3 is 44.8 Å². The fourth-order valence-corrected chi connectivity index (χ4v) is 3.84.